The van der Waals surface area contributed by atoms with Crippen molar-refractivity contribution in [3.8, 4) is 5.75 Å². The number of alkyl carbamates (subject to hydrolysis) is 1. The molecular formula is C23H27F5N2O4. The topological polar surface area (TPSA) is 79.8 Å². The van der Waals surface area contributed by atoms with Crippen molar-refractivity contribution in [2.24, 2.45) is 0 Å². The first-order chi connectivity index (χ1) is 15.7. The van der Waals surface area contributed by atoms with Gasteiger partial charge in [0.05, 0.1) is 12.1 Å². The highest BCUT2D eigenvalue weighted by atomic mass is 19.4. The molecule has 2 aromatic rings. The summed E-state index contributed by atoms with van der Waals surface area (Å²) in [5.74, 6) is -2.00. The highest BCUT2D eigenvalue weighted by Gasteiger charge is 2.31. The first kappa shape index (κ1) is 27.3. The van der Waals surface area contributed by atoms with Gasteiger partial charge in [0.1, 0.15) is 23.0 Å². The number of halogens is 5. The minimum Gasteiger partial charge on any atom is -0.444 e. The lowest BCUT2D eigenvalue weighted by molar-refractivity contribution is -0.274. The van der Waals surface area contributed by atoms with Crippen molar-refractivity contribution in [2.75, 3.05) is 6.54 Å². The Labute approximate surface area is 194 Å². The Morgan fingerprint density at radius 3 is 2.26 bits per heavy atom. The van der Waals surface area contributed by atoms with Crippen LogP contribution in [-0.4, -0.2) is 41.9 Å². The average molecular weight is 490 g/mol. The van der Waals surface area contributed by atoms with Crippen LogP contribution < -0.4 is 15.4 Å². The number of amides is 1. The zero-order chi connectivity index (χ0) is 25.5. The number of nitrogens with one attached hydrogen (secondary N) is 2. The maximum atomic E-state index is 13.6. The maximum absolute atomic E-state index is 13.6. The van der Waals surface area contributed by atoms with Crippen LogP contribution in [0, 0.1) is 11.6 Å². The van der Waals surface area contributed by atoms with Crippen LogP contribution in [0.5, 0.6) is 5.75 Å². The lowest BCUT2D eigenvalue weighted by atomic mass is 10.0. The second-order valence-corrected chi connectivity index (χ2v) is 8.63. The molecule has 2 aromatic carbocycles. The van der Waals surface area contributed by atoms with E-state index in [0.717, 1.165) is 18.2 Å². The molecule has 3 N–H and O–H groups in total. The van der Waals surface area contributed by atoms with Crippen LogP contribution in [-0.2, 0) is 17.7 Å². The molecule has 0 saturated heterocycles. The normalized spacial score (nSPS) is 13.8. The van der Waals surface area contributed by atoms with Gasteiger partial charge in [0.25, 0.3) is 0 Å². The smallest absolute Gasteiger partial charge is 0.444 e. The van der Waals surface area contributed by atoms with Gasteiger partial charge in [-0.15, -0.1) is 13.2 Å². The summed E-state index contributed by atoms with van der Waals surface area (Å²) in [6.07, 6.45) is -6.98. The number of benzene rings is 2. The number of hydrogen-bond acceptors (Lipinski definition) is 5. The Morgan fingerprint density at radius 2 is 1.68 bits per heavy atom. The molecule has 0 fully saturated rings. The van der Waals surface area contributed by atoms with Crippen molar-refractivity contribution in [3.05, 3.63) is 65.2 Å². The molecule has 0 heterocycles. The molecule has 6 nitrogen and oxygen atoms in total. The standard InChI is InChI=1S/C23H27F5N2O4/c1-22(2,3)34-21(32)30-19(10-15-7-16(24)11-17(25)8-15)20(31)13-29-12-14-5-4-6-18(9-14)33-23(26,27)28/h4-9,11,19-20,29,31H,10,12-13H2,1-3H3,(H,30,32)/t19-,20+/m0/s1. The van der Waals surface area contributed by atoms with E-state index in [4.69, 9.17) is 4.74 Å². The van der Waals surface area contributed by atoms with Gasteiger partial charge in [0.2, 0.25) is 0 Å². The van der Waals surface area contributed by atoms with Crippen molar-refractivity contribution in [2.45, 2.75) is 57.8 Å². The molecule has 11 heteroatoms. The summed E-state index contributed by atoms with van der Waals surface area (Å²) in [5.41, 5.74) is -0.154. The third-order valence-electron chi connectivity index (χ3n) is 4.36. The van der Waals surface area contributed by atoms with Gasteiger partial charge < -0.3 is 25.2 Å². The molecule has 0 aliphatic carbocycles. The quantitative estimate of drug-likeness (QED) is 0.453. The van der Waals surface area contributed by atoms with Crippen molar-refractivity contribution in [1.82, 2.24) is 10.6 Å². The van der Waals surface area contributed by atoms with Crippen molar-refractivity contribution >= 4 is 6.09 Å². The number of carbonyl (C=O) groups excluding carboxylic acids is 1. The third kappa shape index (κ3) is 10.3. The Morgan fingerprint density at radius 1 is 1.03 bits per heavy atom. The average Bonchev–Trinajstić information content (AvgIpc) is 2.64. The zero-order valence-electron chi connectivity index (χ0n) is 18.9. The van der Waals surface area contributed by atoms with E-state index in [2.05, 4.69) is 15.4 Å². The summed E-state index contributed by atoms with van der Waals surface area (Å²) in [6.45, 7) is 4.94. The fourth-order valence-corrected chi connectivity index (χ4v) is 3.08. The highest BCUT2D eigenvalue weighted by molar-refractivity contribution is 5.68. The van der Waals surface area contributed by atoms with Crippen molar-refractivity contribution < 1.29 is 41.3 Å². The Balaban J connectivity index is 2.04. The Hall–Kier alpha value is -2.92. The molecule has 0 spiro atoms. The van der Waals surface area contributed by atoms with Crippen LogP contribution in [0.2, 0.25) is 0 Å². The van der Waals surface area contributed by atoms with E-state index in [9.17, 15) is 31.9 Å². The molecule has 188 valence electrons. The predicted molar refractivity (Wildman–Crippen MR) is 114 cm³/mol. The molecule has 0 unspecified atom stereocenters. The largest absolute Gasteiger partial charge is 0.573 e. The van der Waals surface area contributed by atoms with Gasteiger partial charge in [-0.2, -0.15) is 0 Å². The van der Waals surface area contributed by atoms with Crippen LogP contribution in [0.15, 0.2) is 42.5 Å². The van der Waals surface area contributed by atoms with Crippen LogP contribution >= 0.6 is 0 Å². The van der Waals surface area contributed by atoms with Crippen LogP contribution in [0.4, 0.5) is 26.7 Å². The molecule has 34 heavy (non-hydrogen) atoms. The van der Waals surface area contributed by atoms with E-state index < -0.39 is 41.8 Å². The number of hydrogen-bond donors (Lipinski definition) is 3. The second-order valence-electron chi connectivity index (χ2n) is 8.63. The minimum atomic E-state index is -4.82. The van der Waals surface area contributed by atoms with Gasteiger partial charge in [0.15, 0.2) is 0 Å². The first-order valence-corrected chi connectivity index (χ1v) is 10.4. The number of aliphatic hydroxyl groups excluding tert-OH is 1. The third-order valence-corrected chi connectivity index (χ3v) is 4.36. The lowest BCUT2D eigenvalue weighted by Crippen LogP contribution is -2.49. The zero-order valence-corrected chi connectivity index (χ0v) is 18.9. The minimum absolute atomic E-state index is 0.0832. The molecular weight excluding hydrogens is 463 g/mol. The summed E-state index contributed by atoms with van der Waals surface area (Å²) >= 11 is 0. The predicted octanol–water partition coefficient (Wildman–Crippen LogP) is 4.45. The number of aliphatic hydroxyl groups is 1. The molecule has 0 aliphatic heterocycles. The fraction of sp³-hybridized carbons (Fsp3) is 0.435. The summed E-state index contributed by atoms with van der Waals surface area (Å²) in [7, 11) is 0. The Kier molecular flexibility index (Phi) is 9.22. The molecule has 2 rings (SSSR count). The van der Waals surface area contributed by atoms with Crippen molar-refractivity contribution in [3.63, 3.8) is 0 Å². The van der Waals surface area contributed by atoms with Crippen LogP contribution in [0.1, 0.15) is 31.9 Å². The van der Waals surface area contributed by atoms with Crippen molar-refractivity contribution in [1.29, 1.82) is 0 Å². The van der Waals surface area contributed by atoms with E-state index in [-0.39, 0.29) is 30.8 Å². The summed E-state index contributed by atoms with van der Waals surface area (Å²) in [5, 5.41) is 16.0. The molecule has 0 bridgehead atoms. The van der Waals surface area contributed by atoms with Gasteiger partial charge >= 0.3 is 12.5 Å². The number of ether oxygens (including phenoxy) is 2. The van der Waals surface area contributed by atoms with Gasteiger partial charge in [-0.05, 0) is 62.6 Å². The van der Waals surface area contributed by atoms with Crippen LogP contribution in [0.25, 0.3) is 0 Å². The SMILES string of the molecule is CC(C)(C)OC(=O)N[C@@H](Cc1cc(F)cc(F)c1)[C@H](O)CNCc1cccc(OC(F)(F)F)c1. The molecule has 0 aliphatic rings. The van der Waals surface area contributed by atoms with Gasteiger partial charge in [-0.25, -0.2) is 13.6 Å². The Bertz CT molecular complexity index is 943. The van der Waals surface area contributed by atoms with Gasteiger partial charge in [-0.3, -0.25) is 0 Å². The van der Waals surface area contributed by atoms with E-state index in [1.165, 1.54) is 12.1 Å². The van der Waals surface area contributed by atoms with E-state index in [1.54, 1.807) is 26.8 Å². The van der Waals surface area contributed by atoms with Gasteiger partial charge in [0, 0.05) is 19.2 Å². The molecule has 0 saturated carbocycles. The molecule has 1 amide bonds. The first-order valence-electron chi connectivity index (χ1n) is 10.4. The monoisotopic (exact) mass is 490 g/mol. The highest BCUT2D eigenvalue weighted by Crippen LogP contribution is 2.23. The van der Waals surface area contributed by atoms with E-state index >= 15 is 0 Å². The molecule has 0 aromatic heterocycles. The summed E-state index contributed by atoms with van der Waals surface area (Å²) < 4.78 is 73.4. The molecule has 2 atom stereocenters. The van der Waals surface area contributed by atoms with E-state index in [0.29, 0.717) is 11.6 Å². The number of rotatable bonds is 9. The van der Waals surface area contributed by atoms with Gasteiger partial charge in [-0.1, -0.05) is 12.1 Å². The number of carbonyl (C=O) groups is 1. The van der Waals surface area contributed by atoms with Crippen LogP contribution in [0.3, 0.4) is 0 Å². The lowest BCUT2D eigenvalue weighted by Gasteiger charge is -2.27. The fourth-order valence-electron chi connectivity index (χ4n) is 3.08. The molecule has 0 radical (unpaired) electrons. The van der Waals surface area contributed by atoms with E-state index in [1.807, 2.05) is 0 Å². The number of alkyl halides is 3. The summed E-state index contributed by atoms with van der Waals surface area (Å²) in [6, 6.07) is 7.19. The maximum Gasteiger partial charge on any atom is 0.573 e. The second kappa shape index (κ2) is 11.5. The summed E-state index contributed by atoms with van der Waals surface area (Å²) in [4.78, 5) is 12.2.